The van der Waals surface area contributed by atoms with Crippen LogP contribution in [-0.4, -0.2) is 42.8 Å². The molecule has 2 fully saturated rings. The standard InChI is InChI=1S/C15H17ClN2O3/c16-12-5-9(6-13-14(12)21-8-20-13)15(19)18-4-3-10-1-2-11(7-18)17-10/h5-6,10-11,17H,1-4,7-8H2. The SMILES string of the molecule is O=C(c1cc(Cl)c2c(c1)OCO2)N1CCC2CCC(C1)N2. The molecule has 5 nitrogen and oxygen atoms in total. The van der Waals surface area contributed by atoms with Crippen molar-refractivity contribution in [2.75, 3.05) is 19.9 Å². The predicted octanol–water partition coefficient (Wildman–Crippen LogP) is 2.04. The van der Waals surface area contributed by atoms with Gasteiger partial charge in [-0.2, -0.15) is 0 Å². The Bertz CT molecular complexity index is 593. The van der Waals surface area contributed by atoms with Gasteiger partial charge in [0.1, 0.15) is 0 Å². The van der Waals surface area contributed by atoms with E-state index in [0.29, 0.717) is 34.2 Å². The van der Waals surface area contributed by atoms with Crippen LogP contribution in [-0.2, 0) is 0 Å². The Morgan fingerprint density at radius 3 is 3.00 bits per heavy atom. The van der Waals surface area contributed by atoms with Gasteiger partial charge < -0.3 is 19.7 Å². The number of nitrogens with one attached hydrogen (secondary N) is 1. The smallest absolute Gasteiger partial charge is 0.254 e. The Hall–Kier alpha value is -1.46. The van der Waals surface area contributed by atoms with Gasteiger partial charge >= 0.3 is 0 Å². The number of rotatable bonds is 1. The molecule has 0 aliphatic carbocycles. The van der Waals surface area contributed by atoms with Crippen molar-refractivity contribution in [2.45, 2.75) is 31.3 Å². The average molecular weight is 309 g/mol. The summed E-state index contributed by atoms with van der Waals surface area (Å²) < 4.78 is 10.6. The maximum absolute atomic E-state index is 12.7. The van der Waals surface area contributed by atoms with Gasteiger partial charge in [-0.15, -0.1) is 0 Å². The average Bonchev–Trinajstić information content (AvgIpc) is 3.05. The lowest BCUT2D eigenvalue weighted by Gasteiger charge is -2.24. The minimum absolute atomic E-state index is 0.0181. The van der Waals surface area contributed by atoms with Crippen LogP contribution in [0.5, 0.6) is 11.5 Å². The molecule has 6 heteroatoms. The van der Waals surface area contributed by atoms with Crippen LogP contribution >= 0.6 is 11.6 Å². The van der Waals surface area contributed by atoms with Crippen molar-refractivity contribution in [1.29, 1.82) is 0 Å². The highest BCUT2D eigenvalue weighted by atomic mass is 35.5. The number of nitrogens with zero attached hydrogens (tertiary/aromatic N) is 1. The lowest BCUT2D eigenvalue weighted by Crippen LogP contribution is -2.39. The second-order valence-electron chi connectivity index (χ2n) is 5.87. The zero-order valence-corrected chi connectivity index (χ0v) is 12.4. The highest BCUT2D eigenvalue weighted by Crippen LogP contribution is 2.40. The van der Waals surface area contributed by atoms with Crippen LogP contribution in [0.2, 0.25) is 5.02 Å². The number of halogens is 1. The maximum Gasteiger partial charge on any atom is 0.254 e. The summed E-state index contributed by atoms with van der Waals surface area (Å²) >= 11 is 6.16. The Labute approximate surface area is 128 Å². The lowest BCUT2D eigenvalue weighted by molar-refractivity contribution is 0.0747. The number of carbonyl (C=O) groups excluding carboxylic acids is 1. The van der Waals surface area contributed by atoms with E-state index in [-0.39, 0.29) is 12.7 Å². The molecule has 1 aromatic carbocycles. The van der Waals surface area contributed by atoms with E-state index in [1.54, 1.807) is 12.1 Å². The molecule has 3 heterocycles. The molecule has 21 heavy (non-hydrogen) atoms. The summed E-state index contributed by atoms with van der Waals surface area (Å²) in [7, 11) is 0. The predicted molar refractivity (Wildman–Crippen MR) is 78.0 cm³/mol. The third-order valence-electron chi connectivity index (χ3n) is 4.48. The molecule has 0 saturated carbocycles. The van der Waals surface area contributed by atoms with Crippen LogP contribution in [0.15, 0.2) is 12.1 Å². The third-order valence-corrected chi connectivity index (χ3v) is 4.77. The fraction of sp³-hybridized carbons (Fsp3) is 0.533. The Morgan fingerprint density at radius 2 is 2.10 bits per heavy atom. The fourth-order valence-electron chi connectivity index (χ4n) is 3.40. The van der Waals surface area contributed by atoms with Crippen molar-refractivity contribution in [3.05, 3.63) is 22.7 Å². The molecule has 1 N–H and O–H groups in total. The number of ether oxygens (including phenoxy) is 2. The summed E-state index contributed by atoms with van der Waals surface area (Å²) in [5.74, 6) is 1.11. The molecule has 4 rings (SSSR count). The van der Waals surface area contributed by atoms with Gasteiger partial charge in [-0.25, -0.2) is 0 Å². The Kier molecular flexibility index (Phi) is 3.19. The third kappa shape index (κ3) is 2.34. The van der Waals surface area contributed by atoms with Gasteiger partial charge in [0.05, 0.1) is 5.02 Å². The monoisotopic (exact) mass is 308 g/mol. The van der Waals surface area contributed by atoms with Gasteiger partial charge in [0.2, 0.25) is 6.79 Å². The van der Waals surface area contributed by atoms with E-state index in [4.69, 9.17) is 21.1 Å². The molecule has 0 radical (unpaired) electrons. The zero-order chi connectivity index (χ0) is 14.4. The molecule has 3 aliphatic rings. The van der Waals surface area contributed by atoms with Crippen LogP contribution in [0.4, 0.5) is 0 Å². The van der Waals surface area contributed by atoms with Crippen molar-refractivity contribution < 1.29 is 14.3 Å². The fourth-order valence-corrected chi connectivity index (χ4v) is 3.67. The van der Waals surface area contributed by atoms with E-state index in [9.17, 15) is 4.79 Å². The number of hydrogen-bond acceptors (Lipinski definition) is 4. The van der Waals surface area contributed by atoms with Crippen LogP contribution in [0.3, 0.4) is 0 Å². The topological polar surface area (TPSA) is 50.8 Å². The van der Waals surface area contributed by atoms with Gasteiger partial charge in [-0.3, -0.25) is 4.79 Å². The second-order valence-corrected chi connectivity index (χ2v) is 6.28. The molecule has 2 atom stereocenters. The number of fused-ring (bicyclic) bond motifs is 3. The van der Waals surface area contributed by atoms with Crippen LogP contribution in [0, 0.1) is 0 Å². The first-order valence-corrected chi connectivity index (χ1v) is 7.73. The van der Waals surface area contributed by atoms with E-state index in [1.165, 1.54) is 6.42 Å². The summed E-state index contributed by atoms with van der Waals surface area (Å²) in [4.78, 5) is 14.6. The van der Waals surface area contributed by atoms with Gasteiger partial charge in [0.25, 0.3) is 5.91 Å². The molecule has 2 bridgehead atoms. The molecule has 0 spiro atoms. The van der Waals surface area contributed by atoms with Crippen molar-refractivity contribution in [3.63, 3.8) is 0 Å². The van der Waals surface area contributed by atoms with Crippen molar-refractivity contribution >= 4 is 17.5 Å². The number of likely N-dealkylation sites (tertiary alicyclic amines) is 1. The summed E-state index contributed by atoms with van der Waals surface area (Å²) in [6.07, 6.45) is 3.39. The summed E-state index contributed by atoms with van der Waals surface area (Å²) in [5, 5.41) is 4.01. The maximum atomic E-state index is 12.7. The molecule has 2 saturated heterocycles. The lowest BCUT2D eigenvalue weighted by atomic mass is 10.1. The molecular weight excluding hydrogens is 292 g/mol. The molecule has 112 valence electrons. The van der Waals surface area contributed by atoms with Gasteiger partial charge in [0.15, 0.2) is 11.5 Å². The Morgan fingerprint density at radius 1 is 1.24 bits per heavy atom. The van der Waals surface area contributed by atoms with E-state index >= 15 is 0 Å². The normalized spacial score (nSPS) is 26.8. The number of amides is 1. The van der Waals surface area contributed by atoms with Crippen molar-refractivity contribution in [1.82, 2.24) is 10.2 Å². The number of benzene rings is 1. The molecular formula is C15H17ClN2O3. The van der Waals surface area contributed by atoms with E-state index in [1.807, 2.05) is 4.90 Å². The summed E-state index contributed by atoms with van der Waals surface area (Å²) in [6, 6.07) is 4.39. The zero-order valence-electron chi connectivity index (χ0n) is 11.6. The second kappa shape index (κ2) is 5.07. The Balaban J connectivity index is 1.58. The van der Waals surface area contributed by atoms with Crippen molar-refractivity contribution in [3.8, 4) is 11.5 Å². The van der Waals surface area contributed by atoms with E-state index in [0.717, 1.165) is 25.9 Å². The largest absolute Gasteiger partial charge is 0.454 e. The van der Waals surface area contributed by atoms with Crippen LogP contribution in [0.1, 0.15) is 29.6 Å². The molecule has 2 unspecified atom stereocenters. The highest BCUT2D eigenvalue weighted by molar-refractivity contribution is 6.32. The minimum atomic E-state index is 0.0181. The van der Waals surface area contributed by atoms with E-state index in [2.05, 4.69) is 5.32 Å². The molecule has 1 aromatic rings. The number of hydrogen-bond donors (Lipinski definition) is 1. The molecule has 3 aliphatic heterocycles. The summed E-state index contributed by atoms with van der Waals surface area (Å²) in [5.41, 5.74) is 0.571. The minimum Gasteiger partial charge on any atom is -0.454 e. The van der Waals surface area contributed by atoms with Crippen LogP contribution < -0.4 is 14.8 Å². The first kappa shape index (κ1) is 13.2. The highest BCUT2D eigenvalue weighted by Gasteiger charge is 2.32. The molecule has 1 amide bonds. The van der Waals surface area contributed by atoms with Gasteiger partial charge in [-0.1, -0.05) is 11.6 Å². The van der Waals surface area contributed by atoms with Crippen LogP contribution in [0.25, 0.3) is 0 Å². The van der Waals surface area contributed by atoms with Gasteiger partial charge in [-0.05, 0) is 31.4 Å². The number of carbonyl (C=O) groups is 1. The summed E-state index contributed by atoms with van der Waals surface area (Å²) in [6.45, 7) is 1.71. The first-order chi connectivity index (χ1) is 10.2. The first-order valence-electron chi connectivity index (χ1n) is 7.35. The van der Waals surface area contributed by atoms with Gasteiger partial charge in [0, 0.05) is 30.7 Å². The van der Waals surface area contributed by atoms with E-state index < -0.39 is 0 Å². The van der Waals surface area contributed by atoms with Crippen molar-refractivity contribution in [2.24, 2.45) is 0 Å². The molecule has 0 aromatic heterocycles. The quantitative estimate of drug-likeness (QED) is 0.862.